The van der Waals surface area contributed by atoms with Gasteiger partial charge in [-0.3, -0.25) is 4.98 Å². The molecule has 9 nitrogen and oxygen atoms in total. The van der Waals surface area contributed by atoms with Crippen molar-refractivity contribution >= 4 is 17.4 Å². The number of ether oxygens (including phenoxy) is 1. The number of aliphatic hydroxyl groups is 1. The molecule has 2 aromatic carbocycles. The molecule has 0 amide bonds. The highest BCUT2D eigenvalue weighted by Gasteiger charge is 2.43. The molecule has 3 heterocycles. The molecule has 2 N–H and O–H groups in total. The van der Waals surface area contributed by atoms with E-state index in [2.05, 4.69) is 15.3 Å². The minimum absolute atomic E-state index is 0.00224. The average Bonchev–Trinajstić information content (AvgIpc) is 3.56. The maximum atomic E-state index is 12.9. The van der Waals surface area contributed by atoms with Crippen LogP contribution in [0.25, 0.3) is 28.3 Å². The van der Waals surface area contributed by atoms with Crippen molar-refractivity contribution in [2.24, 2.45) is 11.8 Å². The predicted molar refractivity (Wildman–Crippen MR) is 147 cm³/mol. The summed E-state index contributed by atoms with van der Waals surface area (Å²) in [5.74, 6) is 0.296. The maximum absolute atomic E-state index is 12.9. The van der Waals surface area contributed by atoms with Crippen molar-refractivity contribution < 1.29 is 14.6 Å². The molecule has 1 aliphatic carbocycles. The lowest BCUT2D eigenvalue weighted by molar-refractivity contribution is 0.0154. The molecule has 39 heavy (non-hydrogen) atoms. The van der Waals surface area contributed by atoms with Gasteiger partial charge >= 0.3 is 5.97 Å². The van der Waals surface area contributed by atoms with E-state index < -0.39 is 6.10 Å². The third-order valence-electron chi connectivity index (χ3n) is 7.36. The number of aliphatic hydroxyl groups excluding tert-OH is 1. The van der Waals surface area contributed by atoms with Gasteiger partial charge in [-0.25, -0.2) is 14.8 Å². The number of hydrogen-bond acceptors (Lipinski definition) is 8. The van der Waals surface area contributed by atoms with Gasteiger partial charge in [-0.15, -0.1) is 0 Å². The van der Waals surface area contributed by atoms with E-state index in [9.17, 15) is 9.90 Å². The molecule has 4 atom stereocenters. The molecule has 0 aliphatic heterocycles. The van der Waals surface area contributed by atoms with Crippen molar-refractivity contribution in [3.8, 4) is 22.6 Å². The number of benzene rings is 2. The van der Waals surface area contributed by atoms with Gasteiger partial charge in [0.1, 0.15) is 23.3 Å². The van der Waals surface area contributed by atoms with E-state index in [0.717, 1.165) is 11.3 Å². The summed E-state index contributed by atoms with van der Waals surface area (Å²) in [6.07, 6.45) is 5.34. The Bertz CT molecular complexity index is 1590. The minimum Gasteiger partial charge on any atom is -0.456 e. The molecule has 0 bridgehead atoms. The van der Waals surface area contributed by atoms with Crippen molar-refractivity contribution in [1.82, 2.24) is 24.6 Å². The van der Waals surface area contributed by atoms with Crippen LogP contribution in [0, 0.1) is 11.8 Å². The normalized spacial score (nSPS) is 20.7. The lowest BCUT2D eigenvalue weighted by atomic mass is 9.98. The van der Waals surface area contributed by atoms with Gasteiger partial charge in [-0.2, -0.15) is 9.61 Å². The van der Waals surface area contributed by atoms with E-state index in [1.165, 1.54) is 0 Å². The largest absolute Gasteiger partial charge is 0.456 e. The quantitative estimate of drug-likeness (QED) is 0.301. The van der Waals surface area contributed by atoms with Gasteiger partial charge in [0.15, 0.2) is 5.65 Å². The van der Waals surface area contributed by atoms with Crippen LogP contribution in [0.2, 0.25) is 0 Å². The van der Waals surface area contributed by atoms with Crippen LogP contribution in [0.4, 0.5) is 5.82 Å². The van der Waals surface area contributed by atoms with Crippen LogP contribution in [-0.4, -0.2) is 54.4 Å². The Morgan fingerprint density at radius 2 is 1.77 bits per heavy atom. The zero-order chi connectivity index (χ0) is 26.8. The van der Waals surface area contributed by atoms with Crippen LogP contribution in [0.15, 0.2) is 91.4 Å². The number of esters is 1. The highest BCUT2D eigenvalue weighted by molar-refractivity contribution is 5.89. The van der Waals surface area contributed by atoms with Gasteiger partial charge in [-0.1, -0.05) is 55.5 Å². The molecule has 9 heteroatoms. The Morgan fingerprint density at radius 1 is 1.03 bits per heavy atom. The van der Waals surface area contributed by atoms with Gasteiger partial charge in [-0.05, 0) is 30.5 Å². The second kappa shape index (κ2) is 10.6. The third kappa shape index (κ3) is 4.96. The summed E-state index contributed by atoms with van der Waals surface area (Å²) in [6.45, 7) is 2.03. The fourth-order valence-electron chi connectivity index (χ4n) is 5.20. The van der Waals surface area contributed by atoms with E-state index in [1.807, 2.05) is 67.6 Å². The lowest BCUT2D eigenvalue weighted by Crippen LogP contribution is -2.36. The summed E-state index contributed by atoms with van der Waals surface area (Å²) in [7, 11) is 0. The summed E-state index contributed by atoms with van der Waals surface area (Å²) in [4.78, 5) is 26.5. The second-order valence-corrected chi connectivity index (χ2v) is 9.81. The van der Waals surface area contributed by atoms with Crippen molar-refractivity contribution in [1.29, 1.82) is 0 Å². The standard InChI is InChI=1S/C30H28N6O3/c1-19-22(18-37)14-24(29(19)39-30(38)21-10-6-3-7-11-21)34-27-12-13-32-28-15-23(35-36(27)28)26-17-31-16-25(33-26)20-8-4-2-5-9-20/h2-13,15-17,19,22,24,29,34,37H,14,18H2,1H3/t19-,22-,24-,29?/m1/s1. The van der Waals surface area contributed by atoms with Crippen molar-refractivity contribution in [3.05, 3.63) is 97.0 Å². The van der Waals surface area contributed by atoms with E-state index in [-0.39, 0.29) is 30.5 Å². The summed E-state index contributed by atoms with van der Waals surface area (Å²) < 4.78 is 7.71. The predicted octanol–water partition coefficient (Wildman–Crippen LogP) is 4.51. The Balaban J connectivity index is 1.28. The minimum atomic E-state index is -0.429. The summed E-state index contributed by atoms with van der Waals surface area (Å²) in [6, 6.07) is 22.3. The number of rotatable bonds is 7. The SMILES string of the molecule is C[C@H]1C(OC(=O)c2ccccc2)[C@H](Nc2ccnc3cc(-c4cncc(-c5ccccc5)n4)nn23)C[C@@H]1CO. The van der Waals surface area contributed by atoms with Crippen molar-refractivity contribution in [2.45, 2.75) is 25.5 Å². The molecule has 3 aromatic heterocycles. The molecule has 1 saturated carbocycles. The molecule has 6 rings (SSSR count). The van der Waals surface area contributed by atoms with Crippen LogP contribution in [0.3, 0.4) is 0 Å². The molecule has 5 aromatic rings. The van der Waals surface area contributed by atoms with Gasteiger partial charge in [0, 0.05) is 30.4 Å². The highest BCUT2D eigenvalue weighted by Crippen LogP contribution is 2.36. The van der Waals surface area contributed by atoms with Crippen LogP contribution in [0.5, 0.6) is 0 Å². The van der Waals surface area contributed by atoms with Gasteiger partial charge in [0.2, 0.25) is 0 Å². The first-order valence-electron chi connectivity index (χ1n) is 13.0. The monoisotopic (exact) mass is 520 g/mol. The van der Waals surface area contributed by atoms with Gasteiger partial charge in [0.05, 0.1) is 29.7 Å². The number of nitrogens with zero attached hydrogens (tertiary/aromatic N) is 5. The lowest BCUT2D eigenvalue weighted by Gasteiger charge is -2.25. The summed E-state index contributed by atoms with van der Waals surface area (Å²) in [5, 5.41) is 18.3. The first-order valence-corrected chi connectivity index (χ1v) is 13.0. The molecule has 1 unspecified atom stereocenters. The highest BCUT2D eigenvalue weighted by atomic mass is 16.5. The molecular weight excluding hydrogens is 492 g/mol. The fraction of sp³-hybridized carbons (Fsp3) is 0.233. The van der Waals surface area contributed by atoms with Crippen molar-refractivity contribution in [3.63, 3.8) is 0 Å². The number of hydrogen-bond donors (Lipinski definition) is 2. The molecule has 1 aliphatic rings. The van der Waals surface area contributed by atoms with E-state index >= 15 is 0 Å². The fourth-order valence-corrected chi connectivity index (χ4v) is 5.20. The smallest absolute Gasteiger partial charge is 0.338 e. The Kier molecular flexibility index (Phi) is 6.73. The van der Waals surface area contributed by atoms with Crippen LogP contribution < -0.4 is 5.32 Å². The first-order chi connectivity index (χ1) is 19.1. The Morgan fingerprint density at radius 3 is 2.54 bits per heavy atom. The first kappa shape index (κ1) is 24.7. The van der Waals surface area contributed by atoms with Gasteiger partial charge < -0.3 is 15.2 Å². The zero-order valence-electron chi connectivity index (χ0n) is 21.4. The number of anilines is 1. The third-order valence-corrected chi connectivity index (χ3v) is 7.36. The number of nitrogens with one attached hydrogen (secondary N) is 1. The Hall–Kier alpha value is -4.63. The van der Waals surface area contributed by atoms with E-state index in [4.69, 9.17) is 14.8 Å². The second-order valence-electron chi connectivity index (χ2n) is 9.81. The molecule has 0 saturated heterocycles. The molecule has 196 valence electrons. The average molecular weight is 521 g/mol. The number of carbonyl (C=O) groups excluding carboxylic acids is 1. The number of fused-ring (bicyclic) bond motifs is 1. The van der Waals surface area contributed by atoms with E-state index in [0.29, 0.717) is 34.8 Å². The van der Waals surface area contributed by atoms with Crippen LogP contribution in [0.1, 0.15) is 23.7 Å². The Labute approximate surface area is 225 Å². The van der Waals surface area contributed by atoms with Gasteiger partial charge in [0.25, 0.3) is 0 Å². The maximum Gasteiger partial charge on any atom is 0.338 e. The summed E-state index contributed by atoms with van der Waals surface area (Å²) in [5.41, 5.74) is 4.15. The van der Waals surface area contributed by atoms with Crippen LogP contribution in [-0.2, 0) is 4.74 Å². The summed E-state index contributed by atoms with van der Waals surface area (Å²) >= 11 is 0. The molecule has 0 radical (unpaired) electrons. The van der Waals surface area contributed by atoms with E-state index in [1.54, 1.807) is 35.2 Å². The molecule has 0 spiro atoms. The van der Waals surface area contributed by atoms with Crippen LogP contribution >= 0.6 is 0 Å². The molecular formula is C30H28N6O3. The zero-order valence-corrected chi connectivity index (χ0v) is 21.4. The number of carbonyl (C=O) groups is 1. The van der Waals surface area contributed by atoms with Crippen molar-refractivity contribution in [2.75, 3.05) is 11.9 Å². The number of aromatic nitrogens is 5. The topological polar surface area (TPSA) is 115 Å². The molecule has 1 fully saturated rings.